The smallest absolute Gasteiger partial charge is 0.191 e. The van der Waals surface area contributed by atoms with E-state index in [-0.39, 0.29) is 5.82 Å². The van der Waals surface area contributed by atoms with Crippen molar-refractivity contribution in [3.05, 3.63) is 65.2 Å². The molecule has 0 unspecified atom stereocenters. The molecule has 0 fully saturated rings. The third-order valence-electron chi connectivity index (χ3n) is 3.31. The second-order valence-corrected chi connectivity index (χ2v) is 5.27. The van der Waals surface area contributed by atoms with Gasteiger partial charge in [-0.1, -0.05) is 18.2 Å². The van der Waals surface area contributed by atoms with E-state index in [1.807, 2.05) is 32.0 Å². The van der Waals surface area contributed by atoms with Crippen LogP contribution in [0.3, 0.4) is 0 Å². The number of nitrogens with one attached hydrogen (secondary N) is 2. The summed E-state index contributed by atoms with van der Waals surface area (Å²) in [5.41, 5.74) is 3.03. The number of aromatic nitrogens is 1. The van der Waals surface area contributed by atoms with E-state index in [0.717, 1.165) is 42.4 Å². The molecule has 0 aliphatic heterocycles. The molecule has 0 spiro atoms. The fourth-order valence-electron chi connectivity index (χ4n) is 2.17. The fourth-order valence-corrected chi connectivity index (χ4v) is 2.17. The molecule has 1 aromatic heterocycles. The molecule has 1 heterocycles. The normalized spacial score (nSPS) is 11.3. The average molecular weight is 314 g/mol. The summed E-state index contributed by atoms with van der Waals surface area (Å²) in [5.74, 6) is 0.556. The summed E-state index contributed by atoms with van der Waals surface area (Å²) >= 11 is 0. The van der Waals surface area contributed by atoms with Gasteiger partial charge in [-0.05, 0) is 50.1 Å². The summed E-state index contributed by atoms with van der Waals surface area (Å²) in [6.45, 7) is 6.07. The van der Waals surface area contributed by atoms with Crippen molar-refractivity contribution < 1.29 is 4.39 Å². The monoisotopic (exact) mass is 314 g/mol. The first-order valence-electron chi connectivity index (χ1n) is 7.86. The molecule has 0 bridgehead atoms. The highest BCUT2D eigenvalue weighted by atomic mass is 19.1. The predicted molar refractivity (Wildman–Crippen MR) is 91.9 cm³/mol. The molecular formula is C18H23FN4. The van der Waals surface area contributed by atoms with Gasteiger partial charge in [-0.2, -0.15) is 0 Å². The molecule has 0 aliphatic rings. The van der Waals surface area contributed by atoms with Crippen molar-refractivity contribution in [2.75, 3.05) is 13.1 Å². The second-order valence-electron chi connectivity index (χ2n) is 5.27. The predicted octanol–water partition coefficient (Wildman–Crippen LogP) is 2.83. The van der Waals surface area contributed by atoms with Gasteiger partial charge in [-0.25, -0.2) is 9.38 Å². The number of aryl methyl sites for hydroxylation is 1. The Morgan fingerprint density at radius 1 is 1.13 bits per heavy atom. The SMILES string of the molecule is CCNC(=NCc1cccc(C)n1)NCCc1ccc(F)cc1. The molecule has 4 nitrogen and oxygen atoms in total. The number of aliphatic imine (C=N–C) groups is 1. The van der Waals surface area contributed by atoms with Crippen LogP contribution in [0.25, 0.3) is 0 Å². The highest BCUT2D eigenvalue weighted by molar-refractivity contribution is 5.79. The third kappa shape index (κ3) is 6.06. The van der Waals surface area contributed by atoms with Crippen LogP contribution < -0.4 is 10.6 Å². The lowest BCUT2D eigenvalue weighted by molar-refractivity contribution is 0.626. The van der Waals surface area contributed by atoms with E-state index in [2.05, 4.69) is 20.6 Å². The summed E-state index contributed by atoms with van der Waals surface area (Å²) in [4.78, 5) is 8.99. The zero-order chi connectivity index (χ0) is 16.5. The van der Waals surface area contributed by atoms with Crippen LogP contribution in [0.1, 0.15) is 23.9 Å². The van der Waals surface area contributed by atoms with Crippen molar-refractivity contribution in [2.45, 2.75) is 26.8 Å². The lowest BCUT2D eigenvalue weighted by atomic mass is 10.1. The quantitative estimate of drug-likeness (QED) is 0.637. The molecule has 2 aromatic rings. The average Bonchev–Trinajstić information content (AvgIpc) is 2.54. The zero-order valence-electron chi connectivity index (χ0n) is 13.6. The Balaban J connectivity index is 1.87. The Labute approximate surface area is 136 Å². The first-order valence-corrected chi connectivity index (χ1v) is 7.86. The molecule has 0 saturated carbocycles. The van der Waals surface area contributed by atoms with E-state index < -0.39 is 0 Å². The van der Waals surface area contributed by atoms with Crippen LogP contribution in [0.4, 0.5) is 4.39 Å². The van der Waals surface area contributed by atoms with Crippen molar-refractivity contribution in [2.24, 2.45) is 4.99 Å². The number of halogens is 1. The van der Waals surface area contributed by atoms with Crippen molar-refractivity contribution in [1.29, 1.82) is 0 Å². The van der Waals surface area contributed by atoms with Gasteiger partial charge in [-0.15, -0.1) is 0 Å². The van der Waals surface area contributed by atoms with Gasteiger partial charge >= 0.3 is 0 Å². The van der Waals surface area contributed by atoms with Crippen LogP contribution in [0.5, 0.6) is 0 Å². The van der Waals surface area contributed by atoms with E-state index in [1.165, 1.54) is 12.1 Å². The van der Waals surface area contributed by atoms with E-state index in [4.69, 9.17) is 0 Å². The lowest BCUT2D eigenvalue weighted by Gasteiger charge is -2.11. The molecule has 1 aromatic carbocycles. The number of rotatable bonds is 6. The summed E-state index contributed by atoms with van der Waals surface area (Å²) in [7, 11) is 0. The molecule has 2 N–H and O–H groups in total. The molecule has 0 saturated heterocycles. The first kappa shape index (κ1) is 16.9. The number of benzene rings is 1. The first-order chi connectivity index (χ1) is 11.2. The van der Waals surface area contributed by atoms with Crippen LogP contribution >= 0.6 is 0 Å². The summed E-state index contributed by atoms with van der Waals surface area (Å²) in [6, 6.07) is 12.5. The van der Waals surface area contributed by atoms with Gasteiger partial charge in [0.15, 0.2) is 5.96 Å². The van der Waals surface area contributed by atoms with Gasteiger partial charge < -0.3 is 10.6 Å². The minimum Gasteiger partial charge on any atom is -0.357 e. The van der Waals surface area contributed by atoms with Gasteiger partial charge in [0.25, 0.3) is 0 Å². The Morgan fingerprint density at radius 3 is 2.61 bits per heavy atom. The minimum absolute atomic E-state index is 0.206. The maximum Gasteiger partial charge on any atom is 0.191 e. The van der Waals surface area contributed by atoms with E-state index >= 15 is 0 Å². The summed E-state index contributed by atoms with van der Waals surface area (Å²) in [5, 5.41) is 6.50. The molecule has 0 amide bonds. The van der Waals surface area contributed by atoms with Crippen LogP contribution in [-0.2, 0) is 13.0 Å². The summed E-state index contributed by atoms with van der Waals surface area (Å²) in [6.07, 6.45) is 0.813. The maximum absolute atomic E-state index is 12.9. The van der Waals surface area contributed by atoms with Gasteiger partial charge in [0, 0.05) is 18.8 Å². The topological polar surface area (TPSA) is 49.3 Å². The Hall–Kier alpha value is -2.43. The van der Waals surface area contributed by atoms with Crippen molar-refractivity contribution in [1.82, 2.24) is 15.6 Å². The summed E-state index contributed by atoms with van der Waals surface area (Å²) < 4.78 is 12.9. The Morgan fingerprint density at radius 2 is 1.91 bits per heavy atom. The zero-order valence-corrected chi connectivity index (χ0v) is 13.6. The molecule has 122 valence electrons. The fraction of sp³-hybridized carbons (Fsp3) is 0.333. The van der Waals surface area contributed by atoms with Crippen molar-refractivity contribution >= 4 is 5.96 Å². The van der Waals surface area contributed by atoms with E-state index in [0.29, 0.717) is 6.54 Å². The molecule has 0 atom stereocenters. The van der Waals surface area contributed by atoms with E-state index in [1.54, 1.807) is 12.1 Å². The van der Waals surface area contributed by atoms with Gasteiger partial charge in [0.2, 0.25) is 0 Å². The maximum atomic E-state index is 12.9. The third-order valence-corrected chi connectivity index (χ3v) is 3.31. The van der Waals surface area contributed by atoms with E-state index in [9.17, 15) is 4.39 Å². The van der Waals surface area contributed by atoms with Gasteiger partial charge in [-0.3, -0.25) is 4.98 Å². The highest BCUT2D eigenvalue weighted by Gasteiger charge is 2.00. The van der Waals surface area contributed by atoms with Crippen LogP contribution in [0.15, 0.2) is 47.5 Å². The minimum atomic E-state index is -0.206. The molecular weight excluding hydrogens is 291 g/mol. The highest BCUT2D eigenvalue weighted by Crippen LogP contribution is 2.03. The molecule has 5 heteroatoms. The molecule has 2 rings (SSSR count). The van der Waals surface area contributed by atoms with Crippen LogP contribution in [-0.4, -0.2) is 24.0 Å². The van der Waals surface area contributed by atoms with Gasteiger partial charge in [0.1, 0.15) is 5.82 Å². The molecule has 23 heavy (non-hydrogen) atoms. The lowest BCUT2D eigenvalue weighted by Crippen LogP contribution is -2.38. The second kappa shape index (κ2) is 8.88. The van der Waals surface area contributed by atoms with Crippen molar-refractivity contribution in [3.8, 4) is 0 Å². The van der Waals surface area contributed by atoms with Crippen molar-refractivity contribution in [3.63, 3.8) is 0 Å². The van der Waals surface area contributed by atoms with Gasteiger partial charge in [0.05, 0.1) is 12.2 Å². The standard InChI is InChI=1S/C18H23FN4/c1-3-20-18(22-13-17-6-4-5-14(2)23-17)21-12-11-15-7-9-16(19)10-8-15/h4-10H,3,11-13H2,1-2H3,(H2,20,21,22). The Bertz CT molecular complexity index is 638. The van der Waals surface area contributed by atoms with Crippen LogP contribution in [0, 0.1) is 12.7 Å². The Kier molecular flexibility index (Phi) is 6.54. The number of nitrogens with zero attached hydrogens (tertiary/aromatic N) is 2. The largest absolute Gasteiger partial charge is 0.357 e. The number of guanidine groups is 1. The number of hydrogen-bond donors (Lipinski definition) is 2. The molecule has 0 aliphatic carbocycles. The van der Waals surface area contributed by atoms with Crippen LogP contribution in [0.2, 0.25) is 0 Å². The number of hydrogen-bond acceptors (Lipinski definition) is 2. The molecule has 0 radical (unpaired) electrons. The number of pyridine rings is 1.